The van der Waals surface area contributed by atoms with Gasteiger partial charge in [-0.05, 0) is 99.4 Å². The van der Waals surface area contributed by atoms with Crippen molar-refractivity contribution in [1.29, 1.82) is 0 Å². The molecule has 25 nitrogen and oxygen atoms in total. The van der Waals surface area contributed by atoms with E-state index in [4.69, 9.17) is 47.4 Å². The molecule has 30 atom stereocenters. The maximum absolute atomic E-state index is 14.8. The van der Waals surface area contributed by atoms with Crippen LogP contribution in [0.5, 0.6) is 0 Å². The van der Waals surface area contributed by atoms with Crippen LogP contribution >= 0.6 is 0 Å². The molecule has 7 unspecified atom stereocenters. The predicted octanol–water partition coefficient (Wildman–Crippen LogP) is -4.88. The summed E-state index contributed by atoms with van der Waals surface area (Å²) in [5.41, 5.74) is -1.49. The third-order valence-corrected chi connectivity index (χ3v) is 18.2. The van der Waals surface area contributed by atoms with Gasteiger partial charge in [0, 0.05) is 0 Å². The Labute approximate surface area is 427 Å². The Morgan fingerprint density at radius 1 is 0.608 bits per heavy atom. The van der Waals surface area contributed by atoms with Crippen molar-refractivity contribution in [2.75, 3.05) is 33.0 Å². The Hall–Kier alpha value is -1.71. The van der Waals surface area contributed by atoms with Crippen LogP contribution in [0, 0.1) is 40.9 Å². The highest BCUT2D eigenvalue weighted by atomic mass is 16.8. The van der Waals surface area contributed by atoms with E-state index in [1.165, 1.54) is 0 Å². The molecule has 5 aliphatic carbocycles. The maximum Gasteiger partial charge on any atom is 0.314 e. The van der Waals surface area contributed by atoms with E-state index in [1.807, 2.05) is 6.92 Å². The SMILES string of the molecule is C=C1CC2C3CC4C(CCC[C@@]4(C)C(=O)OC4OCCCC4O[C@@H]4O[C@H](CO)[C@@H](O)[C@H](O)[C@H]4O)C2[C@@H](C)C[C@]1(O[C@@H]1O[C@H](CO)[C@@H](O)[C@H](O[C@@H]2O[C@H](CO)[C@@H](O)[C@H](O)[C@H]2O)[C@H]1O[C@@H]1O[C@H](CO)[C@@H](O)[C@H](O)[C@H]1O)C3. The van der Waals surface area contributed by atoms with E-state index in [2.05, 4.69) is 13.5 Å². The first-order chi connectivity index (χ1) is 35.2. The third kappa shape index (κ3) is 10.3. The zero-order valence-corrected chi connectivity index (χ0v) is 41.5. The van der Waals surface area contributed by atoms with Crippen LogP contribution in [0.1, 0.15) is 71.6 Å². The average molecular weight is 1070 g/mol. The second kappa shape index (κ2) is 22.8. The summed E-state index contributed by atoms with van der Waals surface area (Å²) >= 11 is 0. The summed E-state index contributed by atoms with van der Waals surface area (Å²) in [5.74, 6) is -0.524. The van der Waals surface area contributed by atoms with Gasteiger partial charge in [-0.15, -0.1) is 0 Å². The molecular weight excluding hydrogens is 989 g/mol. The van der Waals surface area contributed by atoms with Crippen molar-refractivity contribution in [3.8, 4) is 0 Å². The van der Waals surface area contributed by atoms with Crippen molar-refractivity contribution in [3.05, 3.63) is 12.2 Å². The number of hydrogen-bond donors (Lipinski definition) is 14. The van der Waals surface area contributed by atoms with Crippen LogP contribution in [-0.4, -0.2) is 251 Å². The molecule has 10 rings (SSSR count). The summed E-state index contributed by atoms with van der Waals surface area (Å²) in [6.07, 6.45) is -31.3. The van der Waals surface area contributed by atoms with E-state index in [1.54, 1.807) is 0 Å². The van der Waals surface area contributed by atoms with E-state index < -0.39 is 179 Å². The van der Waals surface area contributed by atoms with Gasteiger partial charge in [-0.2, -0.15) is 0 Å². The summed E-state index contributed by atoms with van der Waals surface area (Å²) in [4.78, 5) is 14.8. The lowest BCUT2D eigenvalue weighted by atomic mass is 9.48. The summed E-state index contributed by atoms with van der Waals surface area (Å²) in [6.45, 7) is 5.75. The van der Waals surface area contributed by atoms with Gasteiger partial charge in [0.2, 0.25) is 6.29 Å². The largest absolute Gasteiger partial charge is 0.432 e. The fourth-order valence-electron chi connectivity index (χ4n) is 14.2. The normalized spacial score (nSPS) is 53.8. The van der Waals surface area contributed by atoms with E-state index >= 15 is 0 Å². The number of esters is 1. The Bertz CT molecular complexity index is 1910. The molecule has 424 valence electrons. The first-order valence-corrected chi connectivity index (χ1v) is 26.2. The number of rotatable bonds is 14. The van der Waals surface area contributed by atoms with Crippen LogP contribution in [0.15, 0.2) is 12.2 Å². The highest BCUT2D eigenvalue weighted by Crippen LogP contribution is 2.66. The van der Waals surface area contributed by atoms with Crippen molar-refractivity contribution in [1.82, 2.24) is 0 Å². The summed E-state index contributed by atoms with van der Waals surface area (Å²) in [6, 6.07) is 0. The monoisotopic (exact) mass is 1070 g/mol. The van der Waals surface area contributed by atoms with Gasteiger partial charge < -0.3 is 119 Å². The molecule has 10 aliphatic rings. The molecule has 0 spiro atoms. The number of carbonyl (C=O) groups is 1. The first kappa shape index (κ1) is 57.0. The molecule has 5 heterocycles. The predicted molar refractivity (Wildman–Crippen MR) is 243 cm³/mol. The van der Waals surface area contributed by atoms with Crippen LogP contribution in [0.3, 0.4) is 0 Å². The van der Waals surface area contributed by atoms with Gasteiger partial charge in [0.25, 0.3) is 0 Å². The molecule has 4 bridgehead atoms. The molecule has 0 aromatic rings. The van der Waals surface area contributed by atoms with Gasteiger partial charge in [0.05, 0.1) is 44.1 Å². The number of ether oxygens (including phenoxy) is 10. The van der Waals surface area contributed by atoms with Gasteiger partial charge in [-0.3, -0.25) is 4.79 Å². The maximum atomic E-state index is 14.8. The standard InChI is InChI=1S/C49H78O25/c1-18-12-49(74-46-41(72-45-39(63)36(60)32(56)27(16-52)69-45)40(33(57)28(17-53)70-46)71-44-38(62)35(59)31(55)26(15-51)68-44)13-20-11-23-21(29(18)22(20)10-19(49)2)6-4-8-48(23,3)47(64)73-42-24(7-5-9-65-42)66-43-37(61)34(58)30(54)25(14-50)67-43/h18,20-46,50-63H,2,4-17H2,1,3H3/t18-,20?,21?,22?,23?,24?,25+,26+,27+,28+,29?,30+,31+,32+,33+,34-,35-,36-,37+,38+,39+,40-,41+,42?,43+,44-,45-,46-,48+,49-/m0/s1. The molecule has 0 aromatic carbocycles. The molecule has 5 aliphatic heterocycles. The van der Waals surface area contributed by atoms with Gasteiger partial charge in [-0.1, -0.05) is 19.9 Å². The fourth-order valence-corrected chi connectivity index (χ4v) is 14.2. The lowest BCUT2D eigenvalue weighted by molar-refractivity contribution is -0.400. The van der Waals surface area contributed by atoms with E-state index in [-0.39, 0.29) is 42.1 Å². The van der Waals surface area contributed by atoms with Crippen molar-refractivity contribution in [2.45, 2.75) is 212 Å². The molecule has 0 radical (unpaired) electrons. The molecule has 25 heteroatoms. The van der Waals surface area contributed by atoms with Gasteiger partial charge >= 0.3 is 5.97 Å². The second-order valence-corrected chi connectivity index (χ2v) is 22.6. The van der Waals surface area contributed by atoms with Gasteiger partial charge in [0.1, 0.15) is 104 Å². The topological polar surface area (TPSA) is 393 Å². The Morgan fingerprint density at radius 2 is 1.12 bits per heavy atom. The molecule has 10 fully saturated rings. The van der Waals surface area contributed by atoms with Crippen molar-refractivity contribution in [3.63, 3.8) is 0 Å². The minimum absolute atomic E-state index is 0.0612. The van der Waals surface area contributed by atoms with E-state index in [9.17, 15) is 76.3 Å². The summed E-state index contributed by atoms with van der Waals surface area (Å²) in [5, 5.41) is 149. The number of hydrogen-bond acceptors (Lipinski definition) is 25. The molecule has 0 amide bonds. The summed E-state index contributed by atoms with van der Waals surface area (Å²) < 4.78 is 61.3. The first-order valence-electron chi connectivity index (χ1n) is 26.2. The highest BCUT2D eigenvalue weighted by molar-refractivity contribution is 5.77. The number of aliphatic hydroxyl groups is 14. The molecule has 5 saturated carbocycles. The quantitative estimate of drug-likeness (QED) is 0.0441. The third-order valence-electron chi connectivity index (χ3n) is 18.2. The van der Waals surface area contributed by atoms with Crippen molar-refractivity contribution < 1.29 is 124 Å². The Kier molecular flexibility index (Phi) is 17.6. The van der Waals surface area contributed by atoms with E-state index in [0.717, 1.165) is 18.4 Å². The van der Waals surface area contributed by atoms with Crippen molar-refractivity contribution in [2.24, 2.45) is 40.9 Å². The number of carbonyl (C=O) groups excluding carboxylic acids is 1. The average Bonchev–Trinajstić information content (AvgIpc) is 3.54. The second-order valence-electron chi connectivity index (χ2n) is 22.6. The summed E-state index contributed by atoms with van der Waals surface area (Å²) in [7, 11) is 0. The smallest absolute Gasteiger partial charge is 0.314 e. The van der Waals surface area contributed by atoms with Crippen LogP contribution in [-0.2, 0) is 52.2 Å². The molecule has 74 heavy (non-hydrogen) atoms. The molecule has 5 saturated heterocycles. The lowest BCUT2D eigenvalue weighted by Gasteiger charge is -2.57. The van der Waals surface area contributed by atoms with E-state index in [0.29, 0.717) is 44.9 Å². The van der Waals surface area contributed by atoms with Crippen LogP contribution < -0.4 is 0 Å². The lowest BCUT2D eigenvalue weighted by Crippen LogP contribution is -2.68. The fraction of sp³-hybridized carbons (Fsp3) is 0.939. The van der Waals surface area contributed by atoms with Crippen LogP contribution in [0.25, 0.3) is 0 Å². The Balaban J connectivity index is 0.984. The Morgan fingerprint density at radius 3 is 1.68 bits per heavy atom. The zero-order chi connectivity index (χ0) is 53.3. The number of aliphatic hydroxyl groups excluding tert-OH is 14. The minimum atomic E-state index is -1.97. The zero-order valence-electron chi connectivity index (χ0n) is 41.5. The van der Waals surface area contributed by atoms with Gasteiger partial charge in [0.15, 0.2) is 25.2 Å². The minimum Gasteiger partial charge on any atom is -0.432 e. The van der Waals surface area contributed by atoms with Crippen molar-refractivity contribution >= 4 is 5.97 Å². The highest BCUT2D eigenvalue weighted by Gasteiger charge is 2.64. The van der Waals surface area contributed by atoms with Crippen LogP contribution in [0.2, 0.25) is 0 Å². The van der Waals surface area contributed by atoms with Gasteiger partial charge in [-0.25, -0.2) is 0 Å². The van der Waals surface area contributed by atoms with Crippen LogP contribution in [0.4, 0.5) is 0 Å². The number of fused-ring (bicyclic) bond motifs is 3. The molecule has 14 N–H and O–H groups in total. The molecule has 0 aromatic heterocycles. The molecular formula is C49H78O25.